The molecular formula is C19H13N3O4S. The van der Waals surface area contributed by atoms with Gasteiger partial charge in [0.1, 0.15) is 0 Å². The van der Waals surface area contributed by atoms with E-state index in [-0.39, 0.29) is 15.8 Å². The molecule has 4 rings (SSSR count). The normalized spacial score (nSPS) is 14.4. The van der Waals surface area contributed by atoms with Gasteiger partial charge in [0.05, 0.1) is 21.0 Å². The molecule has 1 aliphatic heterocycles. The molecule has 0 aliphatic carbocycles. The highest BCUT2D eigenvalue weighted by atomic mass is 32.2. The molecule has 7 nitrogen and oxygen atoms in total. The molecule has 0 atom stereocenters. The van der Waals surface area contributed by atoms with Crippen molar-refractivity contribution in [3.8, 4) is 0 Å². The molecule has 134 valence electrons. The van der Waals surface area contributed by atoms with Gasteiger partial charge in [0.15, 0.2) is 0 Å². The second-order valence-corrected chi connectivity index (χ2v) is 7.06. The van der Waals surface area contributed by atoms with Crippen LogP contribution in [0, 0.1) is 10.1 Å². The van der Waals surface area contributed by atoms with Gasteiger partial charge >= 0.3 is 0 Å². The number of rotatable bonds is 4. The summed E-state index contributed by atoms with van der Waals surface area (Å²) in [5.74, 6) is -0.414. The van der Waals surface area contributed by atoms with Crippen LogP contribution in [0.25, 0.3) is 10.9 Å². The van der Waals surface area contributed by atoms with E-state index in [0.29, 0.717) is 12.2 Å². The molecule has 1 aromatic heterocycles. The number of nitrogens with zero attached hydrogens (tertiary/aromatic N) is 3. The van der Waals surface area contributed by atoms with Crippen molar-refractivity contribution in [1.82, 2.24) is 4.57 Å². The number of benzene rings is 2. The Labute approximate surface area is 158 Å². The van der Waals surface area contributed by atoms with Crippen molar-refractivity contribution in [3.05, 3.63) is 81.9 Å². The molecule has 8 heteroatoms. The Balaban J connectivity index is 1.76. The predicted octanol–water partition coefficient (Wildman–Crippen LogP) is 4.31. The van der Waals surface area contributed by atoms with Crippen molar-refractivity contribution in [2.45, 2.75) is 6.54 Å². The van der Waals surface area contributed by atoms with Crippen LogP contribution < -0.4 is 4.90 Å². The predicted molar refractivity (Wildman–Crippen MR) is 104 cm³/mol. The second-order valence-electron chi connectivity index (χ2n) is 6.01. The average Bonchev–Trinajstić information content (AvgIpc) is 3.12. The van der Waals surface area contributed by atoms with Crippen LogP contribution in [0.15, 0.2) is 66.2 Å². The molecule has 0 radical (unpaired) electrons. The number of carbonyl (C=O) groups is 2. The second kappa shape index (κ2) is 6.40. The number of thioether (sulfide) groups is 1. The van der Waals surface area contributed by atoms with Crippen molar-refractivity contribution in [2.24, 2.45) is 0 Å². The summed E-state index contributed by atoms with van der Waals surface area (Å²) in [4.78, 5) is 36.3. The van der Waals surface area contributed by atoms with E-state index in [9.17, 15) is 19.7 Å². The zero-order valence-corrected chi connectivity index (χ0v) is 14.8. The first kappa shape index (κ1) is 17.0. The fourth-order valence-electron chi connectivity index (χ4n) is 3.07. The maximum atomic E-state index is 12.3. The van der Waals surface area contributed by atoms with Crippen LogP contribution in [-0.4, -0.2) is 20.6 Å². The summed E-state index contributed by atoms with van der Waals surface area (Å²) in [6.07, 6.45) is 1.75. The van der Waals surface area contributed by atoms with Gasteiger partial charge in [-0.05, 0) is 23.4 Å². The summed E-state index contributed by atoms with van der Waals surface area (Å²) in [6.45, 7) is 4.07. The van der Waals surface area contributed by atoms with Crippen molar-refractivity contribution in [3.63, 3.8) is 0 Å². The topological polar surface area (TPSA) is 85.4 Å². The number of hydrogen-bond acceptors (Lipinski definition) is 5. The zero-order valence-electron chi connectivity index (χ0n) is 14.0. The van der Waals surface area contributed by atoms with Gasteiger partial charge in [-0.3, -0.25) is 19.7 Å². The summed E-state index contributed by atoms with van der Waals surface area (Å²) in [6, 6.07) is 13.8. The highest BCUT2D eigenvalue weighted by Crippen LogP contribution is 2.38. The smallest absolute Gasteiger partial charge is 0.298 e. The molecule has 0 bridgehead atoms. The Morgan fingerprint density at radius 1 is 1.07 bits per heavy atom. The van der Waals surface area contributed by atoms with Crippen LogP contribution in [-0.2, 0) is 11.3 Å². The summed E-state index contributed by atoms with van der Waals surface area (Å²) in [5, 5.41) is 11.2. The van der Waals surface area contributed by atoms with E-state index in [1.54, 1.807) is 18.3 Å². The first-order valence-corrected chi connectivity index (χ1v) is 8.84. The number of imide groups is 1. The third-order valence-electron chi connectivity index (χ3n) is 4.34. The van der Waals surface area contributed by atoms with Gasteiger partial charge in [0.25, 0.3) is 16.8 Å². The maximum absolute atomic E-state index is 12.3. The minimum Gasteiger partial charge on any atom is -0.341 e. The van der Waals surface area contributed by atoms with E-state index < -0.39 is 10.8 Å². The van der Waals surface area contributed by atoms with E-state index >= 15 is 0 Å². The molecule has 1 saturated heterocycles. The first-order valence-electron chi connectivity index (χ1n) is 8.02. The van der Waals surface area contributed by atoms with Gasteiger partial charge in [-0.25, -0.2) is 4.90 Å². The molecule has 2 aromatic carbocycles. The van der Waals surface area contributed by atoms with E-state index in [1.807, 2.05) is 28.8 Å². The molecular weight excluding hydrogens is 366 g/mol. The van der Waals surface area contributed by atoms with Gasteiger partial charge in [0.2, 0.25) is 0 Å². The highest BCUT2D eigenvalue weighted by Gasteiger charge is 2.36. The van der Waals surface area contributed by atoms with E-state index in [1.165, 1.54) is 12.1 Å². The van der Waals surface area contributed by atoms with Crippen molar-refractivity contribution >= 4 is 45.2 Å². The lowest BCUT2D eigenvalue weighted by Crippen LogP contribution is -2.27. The lowest BCUT2D eigenvalue weighted by Gasteiger charge is -2.10. The molecule has 2 amide bonds. The molecule has 1 aliphatic rings. The summed E-state index contributed by atoms with van der Waals surface area (Å²) < 4.78 is 1.91. The van der Waals surface area contributed by atoms with Crippen molar-refractivity contribution < 1.29 is 14.5 Å². The Kier molecular flexibility index (Phi) is 4.04. The minimum atomic E-state index is -0.442. The standard InChI is InChI=1S/C19H13N3O4S/c1-12-18(23)21(19(24)27-12)17-11-20(16-5-3-2-4-15(16)17)10-13-6-8-14(9-7-13)22(25)26/h2-9,11H,1,10H2. The fraction of sp³-hybridized carbons (Fsp3) is 0.0526. The number of aromatic nitrogens is 1. The summed E-state index contributed by atoms with van der Waals surface area (Å²) >= 11 is 0.827. The van der Waals surface area contributed by atoms with Crippen LogP contribution in [0.1, 0.15) is 5.56 Å². The van der Waals surface area contributed by atoms with Crippen LogP contribution in [0.3, 0.4) is 0 Å². The minimum absolute atomic E-state index is 0.0283. The van der Waals surface area contributed by atoms with E-state index in [2.05, 4.69) is 6.58 Å². The lowest BCUT2D eigenvalue weighted by atomic mass is 10.2. The number of carbonyl (C=O) groups excluding carboxylic acids is 2. The Hall–Kier alpha value is -3.39. The van der Waals surface area contributed by atoms with Crippen LogP contribution in [0.2, 0.25) is 0 Å². The SMILES string of the molecule is C=C1SC(=O)N(c2cn(Cc3ccc([N+](=O)[O-])cc3)c3ccccc23)C1=O. The van der Waals surface area contributed by atoms with Crippen LogP contribution in [0.5, 0.6) is 0 Å². The number of hydrogen-bond donors (Lipinski definition) is 0. The van der Waals surface area contributed by atoms with Gasteiger partial charge in [-0.15, -0.1) is 0 Å². The number of anilines is 1. The Morgan fingerprint density at radius 2 is 1.78 bits per heavy atom. The molecule has 0 unspecified atom stereocenters. The molecule has 0 spiro atoms. The number of amides is 2. The largest absolute Gasteiger partial charge is 0.341 e. The van der Waals surface area contributed by atoms with Crippen LogP contribution >= 0.6 is 11.8 Å². The van der Waals surface area contributed by atoms with Crippen LogP contribution in [0.4, 0.5) is 16.2 Å². The van der Waals surface area contributed by atoms with E-state index in [4.69, 9.17) is 0 Å². The maximum Gasteiger partial charge on any atom is 0.298 e. The number of non-ortho nitro benzene ring substituents is 1. The third-order valence-corrected chi connectivity index (χ3v) is 5.12. The quantitative estimate of drug-likeness (QED) is 0.383. The lowest BCUT2D eigenvalue weighted by molar-refractivity contribution is -0.384. The fourth-order valence-corrected chi connectivity index (χ4v) is 3.73. The van der Waals surface area contributed by atoms with Crippen molar-refractivity contribution in [2.75, 3.05) is 4.90 Å². The third kappa shape index (κ3) is 2.89. The van der Waals surface area contributed by atoms with Crippen molar-refractivity contribution in [1.29, 1.82) is 0 Å². The monoisotopic (exact) mass is 379 g/mol. The zero-order chi connectivity index (χ0) is 19.1. The Bertz CT molecular complexity index is 1120. The Morgan fingerprint density at radius 3 is 2.41 bits per heavy atom. The summed E-state index contributed by atoms with van der Waals surface area (Å²) in [7, 11) is 0. The molecule has 3 aromatic rings. The average molecular weight is 379 g/mol. The first-order chi connectivity index (χ1) is 13.0. The number of nitro benzene ring substituents is 1. The van der Waals surface area contributed by atoms with Gasteiger partial charge < -0.3 is 4.57 Å². The van der Waals surface area contributed by atoms with Gasteiger partial charge in [0, 0.05) is 30.3 Å². The van der Waals surface area contributed by atoms with Gasteiger partial charge in [-0.2, -0.15) is 0 Å². The number of nitro groups is 1. The molecule has 27 heavy (non-hydrogen) atoms. The molecule has 2 heterocycles. The number of fused-ring (bicyclic) bond motifs is 1. The highest BCUT2D eigenvalue weighted by molar-refractivity contribution is 8.18. The molecule has 0 saturated carbocycles. The van der Waals surface area contributed by atoms with Gasteiger partial charge in [-0.1, -0.05) is 36.9 Å². The number of para-hydroxylation sites is 1. The molecule has 1 fully saturated rings. The molecule has 0 N–H and O–H groups in total. The van der Waals surface area contributed by atoms with E-state index in [0.717, 1.165) is 33.1 Å². The summed E-state index contributed by atoms with van der Waals surface area (Å²) in [5.41, 5.74) is 2.26.